The van der Waals surface area contributed by atoms with Gasteiger partial charge < -0.3 is 0 Å². The van der Waals surface area contributed by atoms with E-state index in [0.717, 1.165) is 0 Å². The minimum Gasteiger partial charge on any atom is -0.197 e. The third kappa shape index (κ3) is 9.79. The standard InChI is InChI=1S/Fe.Hg.OS/c;;1-2. The van der Waals surface area contributed by atoms with Crippen LogP contribution >= 0.6 is 0 Å². The van der Waals surface area contributed by atoms with Gasteiger partial charge in [0.2, 0.25) is 0 Å². The van der Waals surface area contributed by atoms with Gasteiger partial charge in [0, 0.05) is 44.7 Å². The molecule has 0 heterocycles. The smallest absolute Gasteiger partial charge is 0.197 e. The van der Waals surface area contributed by atoms with E-state index in [-0.39, 0.29) is 44.7 Å². The monoisotopic (exact) mass is 306 g/mol. The zero-order valence-electron chi connectivity index (χ0n) is 1.88. The van der Waals surface area contributed by atoms with Crippen molar-refractivity contribution < 1.29 is 48.9 Å². The third-order valence-electron chi connectivity index (χ3n) is 0. The van der Waals surface area contributed by atoms with E-state index >= 15 is 0 Å². The first-order chi connectivity index (χ1) is 1.00. The topological polar surface area (TPSA) is 17.1 Å². The Hall–Kier alpha value is 1.47. The van der Waals surface area contributed by atoms with Crippen LogP contribution in [0.4, 0.5) is 0 Å². The second-order valence-corrected chi connectivity index (χ2v) is 0. The molecule has 0 N–H and O–H groups in total. The molecule has 0 saturated heterocycles. The molecule has 0 rings (SSSR count). The number of hydrogen-bond donors (Lipinski definition) is 0. The Morgan fingerprint density at radius 2 is 1.25 bits per heavy atom. The quantitative estimate of drug-likeness (QED) is 0.570. The predicted octanol–water partition coefficient (Wildman–Crippen LogP) is -0.341. The maximum atomic E-state index is 7.83. The Balaban J connectivity index is -0.00000000500. The van der Waals surface area contributed by atoms with Gasteiger partial charge in [-0.15, -0.1) is 0 Å². The summed E-state index contributed by atoms with van der Waals surface area (Å²) in [6.45, 7) is 0. The number of hydrogen-bond acceptors (Lipinski definition) is 2. The Kier molecular flexibility index (Phi) is 111. The van der Waals surface area contributed by atoms with E-state index in [1.165, 1.54) is 0 Å². The van der Waals surface area contributed by atoms with Crippen LogP contribution in [-0.2, 0) is 57.3 Å². The molecule has 4 heteroatoms. The molecule has 0 aliphatic carbocycles. The van der Waals surface area contributed by atoms with E-state index < -0.39 is 0 Å². The van der Waals surface area contributed by atoms with Crippen LogP contribution in [0, 0.1) is 0 Å². The van der Waals surface area contributed by atoms with Crippen molar-refractivity contribution in [1.82, 2.24) is 0 Å². The van der Waals surface area contributed by atoms with Crippen molar-refractivity contribution in [3.8, 4) is 0 Å². The molecule has 0 atom stereocenters. The van der Waals surface area contributed by atoms with Gasteiger partial charge in [-0.1, -0.05) is 0 Å². The fraction of sp³-hybridized carbons (Fsp3) is 0. The van der Waals surface area contributed by atoms with Gasteiger partial charge in [0.05, 0.1) is 0 Å². The van der Waals surface area contributed by atoms with Crippen LogP contribution in [0.3, 0.4) is 0 Å². The summed E-state index contributed by atoms with van der Waals surface area (Å²) in [5, 5.41) is 0. The second-order valence-electron chi connectivity index (χ2n) is 0. The summed E-state index contributed by atoms with van der Waals surface area (Å²) in [7, 11) is 0. The Labute approximate surface area is 61.0 Å². The Morgan fingerprint density at radius 3 is 1.25 bits per heavy atom. The van der Waals surface area contributed by atoms with E-state index in [9.17, 15) is 0 Å². The van der Waals surface area contributed by atoms with E-state index in [1.807, 2.05) is 0 Å². The average molecular weight is 305 g/mol. The zero-order valence-corrected chi connectivity index (χ0v) is 9.30. The van der Waals surface area contributed by atoms with Crippen LogP contribution < -0.4 is 0 Å². The molecule has 0 fully saturated rings. The first-order valence-electron chi connectivity index (χ1n) is 0.167. The summed E-state index contributed by atoms with van der Waals surface area (Å²) in [6, 6.07) is 0. The van der Waals surface area contributed by atoms with E-state index in [4.69, 9.17) is 4.21 Å². The molecule has 0 aliphatic heterocycles. The van der Waals surface area contributed by atoms with Crippen molar-refractivity contribution in [2.75, 3.05) is 0 Å². The molecule has 0 aromatic rings. The SMILES string of the molecule is O=S.[Fe].[Hg]. The Morgan fingerprint density at radius 1 is 1.25 bits per heavy atom. The van der Waals surface area contributed by atoms with Crippen LogP contribution in [0.15, 0.2) is 0 Å². The van der Waals surface area contributed by atoms with Gasteiger partial charge in [0.1, 0.15) is 0 Å². The third-order valence-corrected chi connectivity index (χ3v) is 0. The maximum absolute atomic E-state index is 7.83. The fourth-order valence-corrected chi connectivity index (χ4v) is 0. The average Bonchev–Trinajstić information content (AvgIpc) is 1.00. The molecule has 0 aromatic heterocycles. The summed E-state index contributed by atoms with van der Waals surface area (Å²) in [5.74, 6) is 0. The molecule has 4 heavy (non-hydrogen) atoms. The van der Waals surface area contributed by atoms with Crippen molar-refractivity contribution in [2.24, 2.45) is 0 Å². The van der Waals surface area contributed by atoms with Crippen molar-refractivity contribution in [3.05, 3.63) is 0 Å². The van der Waals surface area contributed by atoms with Gasteiger partial charge in [-0.25, -0.2) is 0 Å². The molecular weight excluding hydrogens is 305 g/mol. The molecule has 0 bridgehead atoms. The molecule has 0 saturated carbocycles. The predicted molar refractivity (Wildman–Crippen MR) is 8.14 cm³/mol. The van der Waals surface area contributed by atoms with Crippen LogP contribution in [0.2, 0.25) is 0 Å². The first kappa shape index (κ1) is 17.9. The van der Waals surface area contributed by atoms with Crippen LogP contribution in [0.25, 0.3) is 0 Å². The van der Waals surface area contributed by atoms with Crippen molar-refractivity contribution in [1.29, 1.82) is 0 Å². The summed E-state index contributed by atoms with van der Waals surface area (Å²) >= 11 is 2.83. The molecule has 0 aliphatic rings. The van der Waals surface area contributed by atoms with Gasteiger partial charge in [-0.2, -0.15) is 4.21 Å². The van der Waals surface area contributed by atoms with Gasteiger partial charge in [0.25, 0.3) is 0 Å². The van der Waals surface area contributed by atoms with Crippen molar-refractivity contribution in [3.63, 3.8) is 0 Å². The van der Waals surface area contributed by atoms with Crippen molar-refractivity contribution in [2.45, 2.75) is 0 Å². The number of rotatable bonds is 0. The van der Waals surface area contributed by atoms with Crippen LogP contribution in [0.5, 0.6) is 0 Å². The largest absolute Gasteiger partial charge is 0.197 e. The van der Waals surface area contributed by atoms with Crippen LogP contribution in [-0.4, -0.2) is 4.21 Å². The molecular formula is FeHgOS. The van der Waals surface area contributed by atoms with Gasteiger partial charge in [-0.3, -0.25) is 0 Å². The summed E-state index contributed by atoms with van der Waals surface area (Å²) < 4.78 is 7.83. The van der Waals surface area contributed by atoms with E-state index in [0.29, 0.717) is 0 Å². The summed E-state index contributed by atoms with van der Waals surface area (Å²) in [5.41, 5.74) is 0. The first-order valence-corrected chi connectivity index (χ1v) is 0.500. The Bertz CT molecular complexity index is 8.00. The molecule has 1 nitrogen and oxygen atoms in total. The minimum atomic E-state index is 0. The second kappa shape index (κ2) is 24.8. The van der Waals surface area contributed by atoms with Gasteiger partial charge in [-0.05, 0) is 0 Å². The maximum Gasteiger partial charge on any atom is 0.197 e. The molecule has 0 spiro atoms. The van der Waals surface area contributed by atoms with Crippen molar-refractivity contribution >= 4 is 12.5 Å². The normalized spacial score (nSPS) is 1.00. The summed E-state index contributed by atoms with van der Waals surface area (Å²) in [6.07, 6.45) is 0. The van der Waals surface area contributed by atoms with E-state index in [2.05, 4.69) is 12.5 Å². The molecule has 0 radical (unpaired) electrons. The molecule has 22 valence electrons. The fourth-order valence-electron chi connectivity index (χ4n) is 0. The zero-order chi connectivity index (χ0) is 2.00. The van der Waals surface area contributed by atoms with E-state index in [1.54, 1.807) is 0 Å². The van der Waals surface area contributed by atoms with Gasteiger partial charge in [0.15, 0.2) is 12.5 Å². The minimum absolute atomic E-state index is 0. The van der Waals surface area contributed by atoms with Crippen LogP contribution in [0.1, 0.15) is 0 Å². The molecule has 0 amide bonds. The molecule has 0 aromatic carbocycles. The molecule has 0 unspecified atom stereocenters. The summed E-state index contributed by atoms with van der Waals surface area (Å²) in [4.78, 5) is 0. The van der Waals surface area contributed by atoms with Gasteiger partial charge >= 0.3 is 0 Å².